The zero-order chi connectivity index (χ0) is 13.0. The van der Waals surface area contributed by atoms with Crippen molar-refractivity contribution < 1.29 is 0 Å². The van der Waals surface area contributed by atoms with Crippen LogP contribution in [-0.4, -0.2) is 23.3 Å². The van der Waals surface area contributed by atoms with Crippen LogP contribution in [0.15, 0.2) is 18.2 Å². The van der Waals surface area contributed by atoms with E-state index < -0.39 is 0 Å². The van der Waals surface area contributed by atoms with Crippen molar-refractivity contribution in [3.05, 3.63) is 33.8 Å². The molecule has 4 heteroatoms. The molecular weight excluding hydrogens is 333 g/mol. The van der Waals surface area contributed by atoms with Crippen molar-refractivity contribution in [1.82, 2.24) is 4.90 Å². The van der Waals surface area contributed by atoms with E-state index >= 15 is 0 Å². The highest BCUT2D eigenvalue weighted by Crippen LogP contribution is 2.28. The van der Waals surface area contributed by atoms with Gasteiger partial charge in [-0.05, 0) is 43.4 Å². The molecule has 1 aliphatic heterocycles. The van der Waals surface area contributed by atoms with Crippen LogP contribution in [0, 0.1) is 5.92 Å². The largest absolute Gasteiger partial charge is 0.299 e. The standard InChI is InChI=1S/C14H18BrCl2N/c15-7-6-11-3-2-8-18(9-11)10-12-4-1-5-13(16)14(12)17/h1,4-5,11H,2-3,6-10H2. The fraction of sp³-hybridized carbons (Fsp3) is 0.571. The molecule has 1 atom stereocenters. The first-order valence-electron chi connectivity index (χ1n) is 6.42. The Labute approximate surface area is 128 Å². The van der Waals surface area contributed by atoms with Gasteiger partial charge in [0.25, 0.3) is 0 Å². The Morgan fingerprint density at radius 2 is 2.17 bits per heavy atom. The summed E-state index contributed by atoms with van der Waals surface area (Å²) in [5, 5.41) is 2.47. The number of alkyl halides is 1. The molecule has 1 heterocycles. The predicted molar refractivity (Wildman–Crippen MR) is 82.9 cm³/mol. The van der Waals surface area contributed by atoms with Crippen LogP contribution in [0.25, 0.3) is 0 Å². The van der Waals surface area contributed by atoms with Gasteiger partial charge in [0.2, 0.25) is 0 Å². The Kier molecular flexibility index (Phi) is 5.81. The molecule has 0 bridgehead atoms. The van der Waals surface area contributed by atoms with Crippen LogP contribution in [0.2, 0.25) is 10.0 Å². The third-order valence-electron chi connectivity index (χ3n) is 3.55. The van der Waals surface area contributed by atoms with Crippen molar-refractivity contribution in [3.8, 4) is 0 Å². The van der Waals surface area contributed by atoms with Gasteiger partial charge in [0, 0.05) is 18.4 Å². The average molecular weight is 351 g/mol. The molecule has 0 spiro atoms. The summed E-state index contributed by atoms with van der Waals surface area (Å²) in [6.07, 6.45) is 3.90. The van der Waals surface area contributed by atoms with Gasteiger partial charge in [-0.3, -0.25) is 4.90 Å². The Balaban J connectivity index is 1.98. The van der Waals surface area contributed by atoms with E-state index in [2.05, 4.69) is 26.9 Å². The second-order valence-corrected chi connectivity index (χ2v) is 6.51. The topological polar surface area (TPSA) is 3.24 Å². The summed E-state index contributed by atoms with van der Waals surface area (Å²) < 4.78 is 0. The number of likely N-dealkylation sites (tertiary alicyclic amines) is 1. The highest BCUT2D eigenvalue weighted by Gasteiger charge is 2.20. The molecule has 100 valence electrons. The monoisotopic (exact) mass is 349 g/mol. The van der Waals surface area contributed by atoms with Crippen LogP contribution in [0.5, 0.6) is 0 Å². The van der Waals surface area contributed by atoms with Crippen molar-refractivity contribution in [2.45, 2.75) is 25.8 Å². The van der Waals surface area contributed by atoms with E-state index in [0.29, 0.717) is 10.0 Å². The molecule has 18 heavy (non-hydrogen) atoms. The van der Waals surface area contributed by atoms with Gasteiger partial charge in [-0.2, -0.15) is 0 Å². The van der Waals surface area contributed by atoms with E-state index in [-0.39, 0.29) is 0 Å². The molecule has 0 saturated carbocycles. The minimum Gasteiger partial charge on any atom is -0.299 e. The average Bonchev–Trinajstić information content (AvgIpc) is 2.36. The third-order valence-corrected chi connectivity index (χ3v) is 4.86. The first-order valence-corrected chi connectivity index (χ1v) is 8.29. The van der Waals surface area contributed by atoms with Gasteiger partial charge < -0.3 is 0 Å². The summed E-state index contributed by atoms with van der Waals surface area (Å²) in [6.45, 7) is 3.26. The maximum Gasteiger partial charge on any atom is 0.0637 e. The number of halogens is 3. The van der Waals surface area contributed by atoms with Crippen LogP contribution in [0.4, 0.5) is 0 Å². The van der Waals surface area contributed by atoms with Gasteiger partial charge in [0.05, 0.1) is 10.0 Å². The number of hydrogen-bond acceptors (Lipinski definition) is 1. The van der Waals surface area contributed by atoms with Gasteiger partial charge in [0.15, 0.2) is 0 Å². The minimum absolute atomic E-state index is 0.656. The Bertz CT molecular complexity index is 395. The molecule has 1 fully saturated rings. The summed E-state index contributed by atoms with van der Waals surface area (Å²) in [5.41, 5.74) is 1.14. The zero-order valence-electron chi connectivity index (χ0n) is 10.3. The molecule has 1 aliphatic rings. The van der Waals surface area contributed by atoms with E-state index in [0.717, 1.165) is 23.4 Å². The predicted octanol–water partition coefficient (Wildman–Crippen LogP) is 4.99. The molecule has 0 radical (unpaired) electrons. The van der Waals surface area contributed by atoms with Gasteiger partial charge in [-0.15, -0.1) is 0 Å². The second kappa shape index (κ2) is 7.14. The van der Waals surface area contributed by atoms with Gasteiger partial charge in [-0.1, -0.05) is 51.3 Å². The number of hydrogen-bond donors (Lipinski definition) is 0. The van der Waals surface area contributed by atoms with Gasteiger partial charge in [0.1, 0.15) is 0 Å². The van der Waals surface area contributed by atoms with E-state index in [9.17, 15) is 0 Å². The first-order chi connectivity index (χ1) is 8.70. The maximum absolute atomic E-state index is 6.24. The normalized spacial score (nSPS) is 21.2. The Morgan fingerprint density at radius 3 is 2.94 bits per heavy atom. The third kappa shape index (κ3) is 3.86. The first kappa shape index (κ1) is 14.6. The smallest absolute Gasteiger partial charge is 0.0637 e. The van der Waals surface area contributed by atoms with E-state index in [1.54, 1.807) is 0 Å². The molecule has 1 aromatic carbocycles. The van der Waals surface area contributed by atoms with Crippen LogP contribution < -0.4 is 0 Å². The van der Waals surface area contributed by atoms with Crippen molar-refractivity contribution in [2.24, 2.45) is 5.92 Å². The summed E-state index contributed by atoms with van der Waals surface area (Å²) in [4.78, 5) is 2.49. The van der Waals surface area contributed by atoms with Crippen molar-refractivity contribution in [1.29, 1.82) is 0 Å². The van der Waals surface area contributed by atoms with Crippen molar-refractivity contribution in [2.75, 3.05) is 18.4 Å². The minimum atomic E-state index is 0.656. The molecule has 0 aliphatic carbocycles. The summed E-state index contributed by atoms with van der Waals surface area (Å²) in [7, 11) is 0. The highest BCUT2D eigenvalue weighted by atomic mass is 79.9. The Hall–Kier alpha value is 0.240. The molecule has 0 N–H and O–H groups in total. The molecular formula is C14H18BrCl2N. The van der Waals surface area contributed by atoms with Crippen molar-refractivity contribution >= 4 is 39.1 Å². The van der Waals surface area contributed by atoms with Crippen molar-refractivity contribution in [3.63, 3.8) is 0 Å². The summed E-state index contributed by atoms with van der Waals surface area (Å²) in [6, 6.07) is 5.89. The fourth-order valence-corrected chi connectivity index (χ4v) is 3.62. The Morgan fingerprint density at radius 1 is 1.33 bits per heavy atom. The van der Waals surface area contributed by atoms with E-state index in [4.69, 9.17) is 23.2 Å². The van der Waals surface area contributed by atoms with E-state index in [1.807, 2.05) is 12.1 Å². The van der Waals surface area contributed by atoms with Crippen LogP contribution in [0.1, 0.15) is 24.8 Å². The lowest BCUT2D eigenvalue weighted by atomic mass is 9.95. The van der Waals surface area contributed by atoms with Crippen LogP contribution in [-0.2, 0) is 6.54 Å². The quantitative estimate of drug-likeness (QED) is 0.691. The molecule has 1 nitrogen and oxygen atoms in total. The van der Waals surface area contributed by atoms with E-state index in [1.165, 1.54) is 32.4 Å². The number of piperidine rings is 1. The zero-order valence-corrected chi connectivity index (χ0v) is 13.4. The second-order valence-electron chi connectivity index (χ2n) is 4.93. The number of rotatable bonds is 4. The lowest BCUT2D eigenvalue weighted by Gasteiger charge is -2.32. The van der Waals surface area contributed by atoms with Crippen LogP contribution >= 0.6 is 39.1 Å². The molecule has 0 aromatic heterocycles. The fourth-order valence-electron chi connectivity index (χ4n) is 2.60. The SMILES string of the molecule is Clc1cccc(CN2CCCC(CCBr)C2)c1Cl. The lowest BCUT2D eigenvalue weighted by Crippen LogP contribution is -2.35. The maximum atomic E-state index is 6.24. The van der Waals surface area contributed by atoms with Gasteiger partial charge >= 0.3 is 0 Å². The molecule has 0 amide bonds. The molecule has 1 unspecified atom stereocenters. The lowest BCUT2D eigenvalue weighted by molar-refractivity contribution is 0.165. The molecule has 2 rings (SSSR count). The highest BCUT2D eigenvalue weighted by molar-refractivity contribution is 9.09. The van der Waals surface area contributed by atoms with Gasteiger partial charge in [-0.25, -0.2) is 0 Å². The number of nitrogens with zero attached hydrogens (tertiary/aromatic N) is 1. The molecule has 1 aromatic rings. The number of benzene rings is 1. The molecule has 1 saturated heterocycles. The van der Waals surface area contributed by atoms with Crippen LogP contribution in [0.3, 0.4) is 0 Å². The summed E-state index contributed by atoms with van der Waals surface area (Å²) in [5.74, 6) is 0.816. The summed E-state index contributed by atoms with van der Waals surface area (Å²) >= 11 is 15.8.